The van der Waals surface area contributed by atoms with Crippen molar-refractivity contribution in [1.82, 2.24) is 9.80 Å². The fraction of sp³-hybridized carbons (Fsp3) is 0.917. The lowest BCUT2D eigenvalue weighted by Gasteiger charge is -2.45. The minimum atomic E-state index is -0.752. The Kier molecular flexibility index (Phi) is 3.69. The third-order valence-electron chi connectivity index (χ3n) is 3.93. The Labute approximate surface area is 97.2 Å². The maximum Gasteiger partial charge on any atom is 0.407 e. The molecule has 0 aromatic heterocycles. The summed E-state index contributed by atoms with van der Waals surface area (Å²) in [6.07, 6.45) is 3.04. The second-order valence-electron chi connectivity index (χ2n) is 5.15. The van der Waals surface area contributed by atoms with Crippen molar-refractivity contribution in [1.29, 1.82) is 0 Å². The number of piperidine rings is 1. The summed E-state index contributed by atoms with van der Waals surface area (Å²) in [6.45, 7) is 7.37. The van der Waals surface area contributed by atoms with E-state index in [2.05, 4.69) is 11.8 Å². The molecular formula is C12H22N2O2. The second kappa shape index (κ2) is 5.04. The van der Waals surface area contributed by atoms with Crippen LogP contribution in [0.25, 0.3) is 0 Å². The number of hydrogen-bond donors (Lipinski definition) is 1. The molecule has 2 aliphatic rings. The molecule has 2 rings (SSSR count). The van der Waals surface area contributed by atoms with Crippen molar-refractivity contribution in [3.05, 3.63) is 0 Å². The van der Waals surface area contributed by atoms with Crippen LogP contribution in [0.5, 0.6) is 0 Å². The zero-order valence-electron chi connectivity index (χ0n) is 10.1. The van der Waals surface area contributed by atoms with E-state index < -0.39 is 6.09 Å². The Morgan fingerprint density at radius 3 is 2.69 bits per heavy atom. The van der Waals surface area contributed by atoms with Crippen LogP contribution in [-0.4, -0.2) is 53.7 Å². The van der Waals surface area contributed by atoms with Crippen LogP contribution in [0.2, 0.25) is 0 Å². The van der Waals surface area contributed by atoms with Gasteiger partial charge in [0.25, 0.3) is 0 Å². The van der Waals surface area contributed by atoms with Crippen LogP contribution < -0.4 is 0 Å². The van der Waals surface area contributed by atoms with Gasteiger partial charge in [0.15, 0.2) is 0 Å². The van der Waals surface area contributed by atoms with Crippen LogP contribution in [0, 0.1) is 11.8 Å². The van der Waals surface area contributed by atoms with Crippen molar-refractivity contribution in [2.45, 2.75) is 26.2 Å². The molecule has 16 heavy (non-hydrogen) atoms. The molecule has 0 bridgehead atoms. The van der Waals surface area contributed by atoms with Gasteiger partial charge in [0.05, 0.1) is 0 Å². The van der Waals surface area contributed by atoms with E-state index in [-0.39, 0.29) is 0 Å². The van der Waals surface area contributed by atoms with E-state index in [1.54, 1.807) is 0 Å². The minimum absolute atomic E-state index is 0.621. The van der Waals surface area contributed by atoms with Gasteiger partial charge in [-0.2, -0.15) is 0 Å². The highest BCUT2D eigenvalue weighted by Crippen LogP contribution is 2.30. The second-order valence-corrected chi connectivity index (χ2v) is 5.15. The van der Waals surface area contributed by atoms with E-state index in [0.717, 1.165) is 19.0 Å². The zero-order chi connectivity index (χ0) is 11.5. The Morgan fingerprint density at radius 1 is 1.31 bits per heavy atom. The van der Waals surface area contributed by atoms with Crippen molar-refractivity contribution in [2.24, 2.45) is 11.8 Å². The van der Waals surface area contributed by atoms with Crippen LogP contribution in [-0.2, 0) is 0 Å². The molecule has 92 valence electrons. The Morgan fingerprint density at radius 2 is 2.06 bits per heavy atom. The summed E-state index contributed by atoms with van der Waals surface area (Å²) in [6, 6.07) is 0. The first-order chi connectivity index (χ1) is 7.70. The number of hydrogen-bond acceptors (Lipinski definition) is 2. The van der Waals surface area contributed by atoms with E-state index in [9.17, 15) is 4.79 Å². The van der Waals surface area contributed by atoms with Crippen molar-refractivity contribution < 1.29 is 9.90 Å². The van der Waals surface area contributed by atoms with Crippen molar-refractivity contribution in [3.63, 3.8) is 0 Å². The van der Waals surface area contributed by atoms with Gasteiger partial charge in [0.1, 0.15) is 0 Å². The average Bonchev–Trinajstić information content (AvgIpc) is 2.15. The minimum Gasteiger partial charge on any atom is -0.465 e. The fourth-order valence-corrected chi connectivity index (χ4v) is 2.96. The highest BCUT2D eigenvalue weighted by atomic mass is 16.4. The van der Waals surface area contributed by atoms with Gasteiger partial charge in [-0.1, -0.05) is 6.92 Å². The molecule has 1 N–H and O–H groups in total. The van der Waals surface area contributed by atoms with Gasteiger partial charge >= 0.3 is 6.09 Å². The van der Waals surface area contributed by atoms with Crippen LogP contribution in [0.4, 0.5) is 4.79 Å². The monoisotopic (exact) mass is 226 g/mol. The molecule has 4 heteroatoms. The molecule has 0 aromatic carbocycles. The predicted molar refractivity (Wildman–Crippen MR) is 62.5 cm³/mol. The largest absolute Gasteiger partial charge is 0.465 e. The molecule has 0 radical (unpaired) electrons. The summed E-state index contributed by atoms with van der Waals surface area (Å²) in [5, 5.41) is 8.80. The van der Waals surface area contributed by atoms with Crippen LogP contribution >= 0.6 is 0 Å². The first kappa shape index (κ1) is 11.7. The predicted octanol–water partition coefficient (Wildman–Crippen LogP) is 1.72. The van der Waals surface area contributed by atoms with Gasteiger partial charge in [-0.25, -0.2) is 4.79 Å². The molecule has 0 saturated carbocycles. The maximum absolute atomic E-state index is 10.7. The first-order valence-electron chi connectivity index (χ1n) is 6.41. The summed E-state index contributed by atoms with van der Waals surface area (Å²) < 4.78 is 0. The number of carbonyl (C=O) groups is 1. The molecule has 0 aromatic rings. The normalized spacial score (nSPS) is 27.8. The highest BCUT2D eigenvalue weighted by Gasteiger charge is 2.37. The van der Waals surface area contributed by atoms with E-state index in [1.165, 1.54) is 43.8 Å². The first-order valence-corrected chi connectivity index (χ1v) is 6.41. The smallest absolute Gasteiger partial charge is 0.407 e. The zero-order valence-corrected chi connectivity index (χ0v) is 10.1. The topological polar surface area (TPSA) is 43.8 Å². The summed E-state index contributed by atoms with van der Waals surface area (Å²) in [7, 11) is 0. The number of amides is 1. The van der Waals surface area contributed by atoms with Gasteiger partial charge < -0.3 is 14.9 Å². The quantitative estimate of drug-likeness (QED) is 0.797. The SMILES string of the molecule is CCCN1CCCC(C2CN(C(=O)O)C2)C1. The molecule has 0 aliphatic carbocycles. The van der Waals surface area contributed by atoms with Gasteiger partial charge in [-0.15, -0.1) is 0 Å². The van der Waals surface area contributed by atoms with E-state index >= 15 is 0 Å². The Balaban J connectivity index is 1.76. The Bertz CT molecular complexity index is 249. The molecule has 2 heterocycles. The van der Waals surface area contributed by atoms with Gasteiger partial charge in [0, 0.05) is 19.6 Å². The van der Waals surface area contributed by atoms with Gasteiger partial charge in [0.2, 0.25) is 0 Å². The lowest BCUT2D eigenvalue weighted by atomic mass is 9.81. The highest BCUT2D eigenvalue weighted by molar-refractivity contribution is 5.66. The summed E-state index contributed by atoms with van der Waals surface area (Å²) >= 11 is 0. The number of carboxylic acid groups (broad SMARTS) is 1. The maximum atomic E-state index is 10.7. The van der Waals surface area contributed by atoms with E-state index in [0.29, 0.717) is 5.92 Å². The van der Waals surface area contributed by atoms with Crippen molar-refractivity contribution in [2.75, 3.05) is 32.7 Å². The van der Waals surface area contributed by atoms with Gasteiger partial charge in [-0.3, -0.25) is 0 Å². The average molecular weight is 226 g/mol. The summed E-state index contributed by atoms with van der Waals surface area (Å²) in [5.41, 5.74) is 0. The Hall–Kier alpha value is -0.770. The van der Waals surface area contributed by atoms with Crippen molar-refractivity contribution in [3.8, 4) is 0 Å². The molecule has 2 aliphatic heterocycles. The fourth-order valence-electron chi connectivity index (χ4n) is 2.96. The molecule has 1 amide bonds. The number of rotatable bonds is 3. The molecule has 2 saturated heterocycles. The standard InChI is InChI=1S/C12H22N2O2/c1-2-5-13-6-3-4-10(7-13)11-8-14(9-11)12(15)16/h10-11H,2-9H2,1H3,(H,15,16). The lowest BCUT2D eigenvalue weighted by molar-refractivity contribution is 0.0270. The van der Waals surface area contributed by atoms with E-state index in [1.807, 2.05) is 0 Å². The molecule has 2 fully saturated rings. The summed E-state index contributed by atoms with van der Waals surface area (Å²) in [4.78, 5) is 14.8. The third-order valence-corrected chi connectivity index (χ3v) is 3.93. The molecular weight excluding hydrogens is 204 g/mol. The summed E-state index contributed by atoms with van der Waals surface area (Å²) in [5.74, 6) is 1.35. The molecule has 1 atom stereocenters. The molecule has 4 nitrogen and oxygen atoms in total. The number of nitrogens with zero attached hydrogens (tertiary/aromatic N) is 2. The van der Waals surface area contributed by atoms with Gasteiger partial charge in [-0.05, 0) is 44.2 Å². The molecule has 0 spiro atoms. The lowest BCUT2D eigenvalue weighted by Crippen LogP contribution is -2.55. The van der Waals surface area contributed by atoms with Crippen LogP contribution in [0.15, 0.2) is 0 Å². The van der Waals surface area contributed by atoms with Crippen LogP contribution in [0.3, 0.4) is 0 Å². The van der Waals surface area contributed by atoms with E-state index in [4.69, 9.17) is 5.11 Å². The van der Waals surface area contributed by atoms with Crippen LogP contribution in [0.1, 0.15) is 26.2 Å². The van der Waals surface area contributed by atoms with Crippen molar-refractivity contribution >= 4 is 6.09 Å². The molecule has 1 unspecified atom stereocenters. The third kappa shape index (κ3) is 2.48. The number of likely N-dealkylation sites (tertiary alicyclic amines) is 2.